The monoisotopic (exact) mass is 653 g/mol. The predicted molar refractivity (Wildman–Crippen MR) is 175 cm³/mol. The third kappa shape index (κ3) is 28.2. The van der Waals surface area contributed by atoms with Crippen LogP contribution in [0.25, 0.3) is 0 Å². The summed E-state index contributed by atoms with van der Waals surface area (Å²) in [6.07, 6.45) is 31.4. The first-order chi connectivity index (χ1) is 21.6. The van der Waals surface area contributed by atoms with Crippen LogP contribution in [0.2, 0.25) is 0 Å². The molecule has 4 N–H and O–H groups in total. The molecule has 0 aromatic rings. The van der Waals surface area contributed by atoms with Crippen LogP contribution in [0.15, 0.2) is 72.9 Å². The van der Waals surface area contributed by atoms with Crippen LogP contribution in [0.1, 0.15) is 84.5 Å². The maximum absolute atomic E-state index is 12.3. The van der Waals surface area contributed by atoms with E-state index >= 15 is 0 Å². The zero-order valence-electron chi connectivity index (χ0n) is 26.7. The van der Waals surface area contributed by atoms with Crippen LogP contribution < -0.4 is 5.73 Å². The van der Waals surface area contributed by atoms with Crippen molar-refractivity contribution in [1.29, 1.82) is 0 Å². The van der Waals surface area contributed by atoms with Crippen molar-refractivity contribution in [3.8, 4) is 0 Å². The second kappa shape index (κ2) is 28.4. The number of allylic oxidation sites excluding steroid dienone is 12. The molecule has 45 heavy (non-hydrogen) atoms. The number of phosphoric acid groups is 1. The molecule has 0 bridgehead atoms. The Morgan fingerprint density at radius 1 is 0.711 bits per heavy atom. The first-order valence-electron chi connectivity index (χ1n) is 15.5. The molecular weight excluding hydrogens is 601 g/mol. The molecule has 0 saturated carbocycles. The van der Waals surface area contributed by atoms with Crippen molar-refractivity contribution in [2.24, 2.45) is 5.73 Å². The molecule has 0 fully saturated rings. The smallest absolute Gasteiger partial charge is 0.472 e. The molecule has 0 amide bonds. The quantitative estimate of drug-likeness (QED) is 0.0492. The summed E-state index contributed by atoms with van der Waals surface area (Å²) < 4.78 is 31.8. The number of carbonyl (C=O) groups is 3. The van der Waals surface area contributed by atoms with E-state index in [1.54, 1.807) is 0 Å². The third-order valence-corrected chi connectivity index (χ3v) is 6.68. The normalized spacial score (nSPS) is 15.1. The number of esters is 2. The Morgan fingerprint density at radius 3 is 1.69 bits per heavy atom. The predicted octanol–water partition coefficient (Wildman–Crippen LogP) is 6.66. The minimum atomic E-state index is -4.71. The van der Waals surface area contributed by atoms with Crippen LogP contribution >= 0.6 is 7.82 Å². The molecule has 12 heteroatoms. The maximum Gasteiger partial charge on any atom is 0.472 e. The van der Waals surface area contributed by atoms with Gasteiger partial charge in [-0.25, -0.2) is 4.57 Å². The van der Waals surface area contributed by atoms with Gasteiger partial charge in [0.25, 0.3) is 0 Å². The summed E-state index contributed by atoms with van der Waals surface area (Å²) in [5.74, 6) is -2.55. The second-order valence-corrected chi connectivity index (χ2v) is 11.3. The molecule has 0 heterocycles. The second-order valence-electron chi connectivity index (χ2n) is 9.86. The highest BCUT2D eigenvalue weighted by Gasteiger charge is 2.28. The fourth-order valence-corrected chi connectivity index (χ4v) is 4.02. The van der Waals surface area contributed by atoms with Crippen molar-refractivity contribution < 1.29 is 47.5 Å². The van der Waals surface area contributed by atoms with E-state index in [2.05, 4.69) is 66.1 Å². The van der Waals surface area contributed by atoms with E-state index in [1.165, 1.54) is 0 Å². The van der Waals surface area contributed by atoms with Crippen LogP contribution in [-0.2, 0) is 37.5 Å². The summed E-state index contributed by atoms with van der Waals surface area (Å²) in [6, 6.07) is -1.53. The Balaban J connectivity index is 4.44. The number of phosphoric ester groups is 1. The number of unbranched alkanes of at least 4 members (excludes halogenated alkanes) is 1. The summed E-state index contributed by atoms with van der Waals surface area (Å²) in [6.45, 7) is 2.26. The number of aliphatic carboxylic acids is 1. The van der Waals surface area contributed by atoms with Gasteiger partial charge < -0.3 is 25.2 Å². The Bertz CT molecular complexity index is 1050. The topological polar surface area (TPSA) is 172 Å². The molecule has 3 unspecified atom stereocenters. The van der Waals surface area contributed by atoms with E-state index in [9.17, 15) is 23.8 Å². The lowest BCUT2D eigenvalue weighted by molar-refractivity contribution is -0.161. The fourth-order valence-electron chi connectivity index (χ4n) is 3.24. The highest BCUT2D eigenvalue weighted by molar-refractivity contribution is 7.47. The molecule has 0 aliphatic rings. The molecule has 0 aliphatic carbocycles. The Labute approximate surface area is 268 Å². The zero-order chi connectivity index (χ0) is 33.6. The molecule has 0 aliphatic heterocycles. The number of hydrogen-bond donors (Lipinski definition) is 3. The van der Waals surface area contributed by atoms with Gasteiger partial charge in [-0.2, -0.15) is 0 Å². The molecule has 0 aromatic heterocycles. The van der Waals surface area contributed by atoms with E-state index in [4.69, 9.17) is 24.8 Å². The van der Waals surface area contributed by atoms with E-state index in [0.29, 0.717) is 19.3 Å². The van der Waals surface area contributed by atoms with Crippen molar-refractivity contribution >= 4 is 25.7 Å². The van der Waals surface area contributed by atoms with Gasteiger partial charge in [0.1, 0.15) is 12.6 Å². The molecular formula is C33H52NO10P. The first-order valence-corrected chi connectivity index (χ1v) is 17.0. The largest absolute Gasteiger partial charge is 0.480 e. The third-order valence-electron chi connectivity index (χ3n) is 5.73. The van der Waals surface area contributed by atoms with Gasteiger partial charge >= 0.3 is 25.7 Å². The molecule has 0 spiro atoms. The van der Waals surface area contributed by atoms with Gasteiger partial charge in [0.15, 0.2) is 6.10 Å². The Hall–Kier alpha value is -3.08. The molecule has 0 rings (SSSR count). The number of hydrogen-bond acceptors (Lipinski definition) is 9. The van der Waals surface area contributed by atoms with Crippen molar-refractivity contribution in [3.63, 3.8) is 0 Å². The fraction of sp³-hybridized carbons (Fsp3) is 0.545. The number of carboxylic acids is 1. The summed E-state index contributed by atoms with van der Waals surface area (Å²) in [4.78, 5) is 44.8. The average Bonchev–Trinajstić information content (AvgIpc) is 3.01. The van der Waals surface area contributed by atoms with Gasteiger partial charge in [-0.3, -0.25) is 23.4 Å². The van der Waals surface area contributed by atoms with Crippen LogP contribution in [0.4, 0.5) is 0 Å². The van der Waals surface area contributed by atoms with Gasteiger partial charge in [0.05, 0.1) is 13.2 Å². The minimum Gasteiger partial charge on any atom is -0.480 e. The Kier molecular flexibility index (Phi) is 26.5. The number of ether oxygens (including phenoxy) is 2. The average molecular weight is 654 g/mol. The summed E-state index contributed by atoms with van der Waals surface area (Å²) in [5, 5.41) is 8.77. The van der Waals surface area contributed by atoms with Crippen molar-refractivity contribution in [2.75, 3.05) is 19.8 Å². The van der Waals surface area contributed by atoms with Crippen molar-refractivity contribution in [1.82, 2.24) is 0 Å². The van der Waals surface area contributed by atoms with E-state index in [-0.39, 0.29) is 19.4 Å². The highest BCUT2D eigenvalue weighted by Crippen LogP contribution is 2.43. The van der Waals surface area contributed by atoms with Crippen LogP contribution in [0.3, 0.4) is 0 Å². The molecule has 0 saturated heterocycles. The van der Waals surface area contributed by atoms with E-state index < -0.39 is 51.1 Å². The highest BCUT2D eigenvalue weighted by atomic mass is 31.2. The molecule has 0 aromatic carbocycles. The summed E-state index contributed by atoms with van der Waals surface area (Å²) >= 11 is 0. The van der Waals surface area contributed by atoms with Crippen molar-refractivity contribution in [3.05, 3.63) is 72.9 Å². The minimum absolute atomic E-state index is 0.0310. The lowest BCUT2D eigenvalue weighted by Gasteiger charge is -2.20. The van der Waals surface area contributed by atoms with Gasteiger partial charge in [0, 0.05) is 12.8 Å². The van der Waals surface area contributed by atoms with Crippen molar-refractivity contribution in [2.45, 2.75) is 96.6 Å². The standard InChI is InChI=1S/C33H52NO10P/c1-3-5-7-8-9-10-11-12-13-14-15-16-17-18-19-20-21-22-23-25-32(36)44-29(26-41-31(35)24-6-4-2)27-42-45(39,40)43-28-30(34)33(37)38/h5,7,9-10,12-13,15-16,18-19,21-22,29-30H,3-4,6,8,11,14,17,20,23-28,34H2,1-2H3,(H,37,38)(H,39,40)/b7-5-,10-9-,13-12-,16-15-,19-18-,22-21-. The van der Waals surface area contributed by atoms with Crippen LogP contribution in [0, 0.1) is 0 Å². The Morgan fingerprint density at radius 2 is 1.20 bits per heavy atom. The van der Waals surface area contributed by atoms with Gasteiger partial charge in [-0.05, 0) is 51.4 Å². The lowest BCUT2D eigenvalue weighted by atomic mass is 10.2. The number of carbonyl (C=O) groups excluding carboxylic acids is 2. The zero-order valence-corrected chi connectivity index (χ0v) is 27.6. The van der Waals surface area contributed by atoms with Gasteiger partial charge in [-0.1, -0.05) is 93.2 Å². The van der Waals surface area contributed by atoms with Crippen LogP contribution in [-0.4, -0.2) is 59.9 Å². The molecule has 0 radical (unpaired) electrons. The SMILES string of the molecule is CC/C=C\C/C=C\C/C=C\C/C=C\C/C=C\C/C=C\CCC(=O)OC(COC(=O)CCCC)COP(=O)(O)OCC(N)C(=O)O. The first kappa shape index (κ1) is 41.9. The number of rotatable bonds is 27. The van der Waals surface area contributed by atoms with Gasteiger partial charge in [-0.15, -0.1) is 0 Å². The van der Waals surface area contributed by atoms with E-state index in [0.717, 1.165) is 38.5 Å². The summed E-state index contributed by atoms with van der Waals surface area (Å²) in [5.41, 5.74) is 5.25. The van der Waals surface area contributed by atoms with Crippen LogP contribution in [0.5, 0.6) is 0 Å². The van der Waals surface area contributed by atoms with Gasteiger partial charge in [0.2, 0.25) is 0 Å². The number of nitrogens with two attached hydrogens (primary N) is 1. The molecule has 3 atom stereocenters. The lowest BCUT2D eigenvalue weighted by Crippen LogP contribution is -2.34. The molecule has 254 valence electrons. The summed E-state index contributed by atoms with van der Waals surface area (Å²) in [7, 11) is -4.71. The number of carboxylic acid groups (broad SMARTS) is 1. The van der Waals surface area contributed by atoms with E-state index in [1.807, 2.05) is 25.2 Å². The molecule has 11 nitrogen and oxygen atoms in total. The maximum atomic E-state index is 12.3.